The number of anilines is 1. The van der Waals surface area contributed by atoms with Gasteiger partial charge in [0.1, 0.15) is 5.69 Å². The van der Waals surface area contributed by atoms with E-state index in [1.54, 1.807) is 30.3 Å². The van der Waals surface area contributed by atoms with E-state index in [1.807, 2.05) is 0 Å². The Balaban J connectivity index is 2.22. The molecule has 3 rings (SSSR count). The summed E-state index contributed by atoms with van der Waals surface area (Å²) in [4.78, 5) is 38.4. The number of halogens is 2. The molecule has 154 valence electrons. The first-order valence-corrected chi connectivity index (χ1v) is 9.39. The van der Waals surface area contributed by atoms with Crippen molar-refractivity contribution in [2.75, 3.05) is 12.4 Å². The maximum absolute atomic E-state index is 12.3. The molecule has 3 aromatic rings. The van der Waals surface area contributed by atoms with Crippen LogP contribution < -0.4 is 5.32 Å². The third kappa shape index (κ3) is 4.32. The van der Waals surface area contributed by atoms with E-state index in [-0.39, 0.29) is 27.8 Å². The molecule has 0 radical (unpaired) electrons. The van der Waals surface area contributed by atoms with Crippen molar-refractivity contribution in [3.8, 4) is 0 Å². The van der Waals surface area contributed by atoms with Crippen molar-refractivity contribution in [3.05, 3.63) is 63.3 Å². The molecule has 0 unspecified atom stereocenters. The number of benzene rings is 2. The molecule has 1 amide bonds. The number of H-pyrrole nitrogens is 1. The monoisotopic (exact) mass is 446 g/mol. The highest BCUT2D eigenvalue weighted by atomic mass is 35.5. The maximum Gasteiger partial charge on any atom is 0.355 e. The molecule has 0 fully saturated rings. The third-order valence-corrected chi connectivity index (χ3v) is 4.79. The number of aromatic nitrogens is 1. The van der Waals surface area contributed by atoms with E-state index in [4.69, 9.17) is 27.9 Å². The van der Waals surface area contributed by atoms with Crippen molar-refractivity contribution in [2.24, 2.45) is 0 Å². The fraction of sp³-hybridized carbons (Fsp3) is 0.0952. The van der Waals surface area contributed by atoms with Crippen LogP contribution in [0.1, 0.15) is 28.5 Å². The van der Waals surface area contributed by atoms with Gasteiger partial charge in [0.05, 0.1) is 17.7 Å². The van der Waals surface area contributed by atoms with E-state index >= 15 is 0 Å². The van der Waals surface area contributed by atoms with Crippen LogP contribution >= 0.6 is 23.2 Å². The molecule has 1 heterocycles. The minimum Gasteiger partial charge on any atom is -0.478 e. The van der Waals surface area contributed by atoms with Crippen LogP contribution in [-0.2, 0) is 14.3 Å². The lowest BCUT2D eigenvalue weighted by molar-refractivity contribution is -0.130. The summed E-state index contributed by atoms with van der Waals surface area (Å²) in [6, 6.07) is 9.34. The largest absolute Gasteiger partial charge is 0.478 e. The van der Waals surface area contributed by atoms with Crippen LogP contribution in [0.3, 0.4) is 0 Å². The Morgan fingerprint density at radius 2 is 1.80 bits per heavy atom. The Kier molecular flexibility index (Phi) is 6.14. The van der Waals surface area contributed by atoms with Crippen molar-refractivity contribution < 1.29 is 24.2 Å². The Hall–Kier alpha value is -3.29. The average molecular weight is 447 g/mol. The quantitative estimate of drug-likeness (QED) is 0.383. The number of carboxylic acid groups (broad SMARTS) is 1. The van der Waals surface area contributed by atoms with E-state index in [2.05, 4.69) is 10.3 Å². The molecule has 0 atom stereocenters. The second-order valence-electron chi connectivity index (χ2n) is 6.34. The van der Waals surface area contributed by atoms with Gasteiger partial charge in [-0.2, -0.15) is 0 Å². The number of esters is 1. The van der Waals surface area contributed by atoms with Gasteiger partial charge in [0.15, 0.2) is 0 Å². The number of methoxy groups -OCH3 is 1. The number of aliphatic carboxylic acids is 1. The van der Waals surface area contributed by atoms with Gasteiger partial charge in [0.2, 0.25) is 5.91 Å². The Labute approximate surface area is 181 Å². The summed E-state index contributed by atoms with van der Waals surface area (Å²) in [5, 5.41) is 13.5. The van der Waals surface area contributed by atoms with Crippen LogP contribution in [0.4, 0.5) is 5.69 Å². The summed E-state index contributed by atoms with van der Waals surface area (Å²) in [5.41, 5.74) is 1.58. The van der Waals surface area contributed by atoms with Crippen LogP contribution in [0.2, 0.25) is 10.0 Å². The molecule has 0 spiro atoms. The normalized spacial score (nSPS) is 11.4. The zero-order chi connectivity index (χ0) is 22.0. The number of nitrogens with one attached hydrogen (secondary N) is 2. The van der Waals surface area contributed by atoms with E-state index in [1.165, 1.54) is 26.2 Å². The van der Waals surface area contributed by atoms with Crippen LogP contribution in [0.5, 0.6) is 0 Å². The molecule has 3 N–H and O–H groups in total. The Bertz CT molecular complexity index is 1200. The standard InChI is InChI=1S/C21H16Cl2N2O5/c1-10(26)24-13-5-3-11(4-6-13)14(20(27)28)9-15-18-16(23)7-12(22)8-17(18)25-19(15)21(29)30-2/h3-9,25H,1-2H3,(H,24,26)(H,27,28). The van der Waals surface area contributed by atoms with Crippen LogP contribution in [-0.4, -0.2) is 35.0 Å². The van der Waals surface area contributed by atoms with Gasteiger partial charge in [-0.3, -0.25) is 4.79 Å². The van der Waals surface area contributed by atoms with E-state index < -0.39 is 11.9 Å². The van der Waals surface area contributed by atoms with Gasteiger partial charge >= 0.3 is 11.9 Å². The Morgan fingerprint density at radius 1 is 1.13 bits per heavy atom. The molecule has 0 aliphatic rings. The average Bonchev–Trinajstić information content (AvgIpc) is 3.04. The van der Waals surface area contributed by atoms with Crippen LogP contribution in [0, 0.1) is 0 Å². The zero-order valence-electron chi connectivity index (χ0n) is 15.9. The number of rotatable bonds is 5. The van der Waals surface area contributed by atoms with Crippen molar-refractivity contribution in [2.45, 2.75) is 6.92 Å². The highest BCUT2D eigenvalue weighted by molar-refractivity contribution is 6.39. The van der Waals surface area contributed by atoms with Crippen molar-refractivity contribution >= 4 is 69.3 Å². The molecular weight excluding hydrogens is 431 g/mol. The van der Waals surface area contributed by atoms with Gasteiger partial charge in [0, 0.05) is 34.1 Å². The molecule has 7 nitrogen and oxygen atoms in total. The molecule has 2 aromatic carbocycles. The number of amides is 1. The van der Waals surface area contributed by atoms with Gasteiger partial charge in [0.25, 0.3) is 0 Å². The predicted octanol–water partition coefficient (Wildman–Crippen LogP) is 4.84. The molecule has 30 heavy (non-hydrogen) atoms. The molecule has 0 saturated carbocycles. The number of carbonyl (C=O) groups excluding carboxylic acids is 2. The van der Waals surface area contributed by atoms with E-state index in [0.717, 1.165) is 0 Å². The molecule has 0 bridgehead atoms. The van der Waals surface area contributed by atoms with Gasteiger partial charge in [-0.15, -0.1) is 0 Å². The number of carboxylic acids is 1. The molecule has 9 heteroatoms. The van der Waals surface area contributed by atoms with Crippen molar-refractivity contribution in [3.63, 3.8) is 0 Å². The lowest BCUT2D eigenvalue weighted by Crippen LogP contribution is -2.06. The fourth-order valence-electron chi connectivity index (χ4n) is 3.03. The topological polar surface area (TPSA) is 108 Å². The first kappa shape index (κ1) is 21.4. The third-order valence-electron chi connectivity index (χ3n) is 4.28. The smallest absolute Gasteiger partial charge is 0.355 e. The van der Waals surface area contributed by atoms with E-state index in [9.17, 15) is 19.5 Å². The summed E-state index contributed by atoms with van der Waals surface area (Å²) in [6.45, 7) is 1.37. The maximum atomic E-state index is 12.3. The SMILES string of the molecule is COC(=O)c1[nH]c2cc(Cl)cc(Cl)c2c1C=C(C(=O)O)c1ccc(NC(C)=O)cc1. The lowest BCUT2D eigenvalue weighted by atomic mass is 10.0. The summed E-state index contributed by atoms with van der Waals surface area (Å²) in [5.74, 6) is -2.14. The molecular formula is C21H16Cl2N2O5. The summed E-state index contributed by atoms with van der Waals surface area (Å²) in [6.07, 6.45) is 1.35. The minimum absolute atomic E-state index is 0.0466. The number of fused-ring (bicyclic) bond motifs is 1. The highest BCUT2D eigenvalue weighted by Gasteiger charge is 2.22. The summed E-state index contributed by atoms with van der Waals surface area (Å²) < 4.78 is 4.81. The highest BCUT2D eigenvalue weighted by Crippen LogP contribution is 2.35. The fourth-order valence-corrected chi connectivity index (χ4v) is 3.62. The Morgan fingerprint density at radius 3 is 2.37 bits per heavy atom. The second-order valence-corrected chi connectivity index (χ2v) is 7.18. The number of aromatic amines is 1. The van der Waals surface area contributed by atoms with Gasteiger partial charge in [-0.1, -0.05) is 35.3 Å². The predicted molar refractivity (Wildman–Crippen MR) is 116 cm³/mol. The van der Waals surface area contributed by atoms with Crippen molar-refractivity contribution in [1.29, 1.82) is 0 Å². The minimum atomic E-state index is -1.21. The van der Waals surface area contributed by atoms with Gasteiger partial charge in [-0.05, 0) is 35.9 Å². The van der Waals surface area contributed by atoms with Gasteiger partial charge < -0.3 is 20.1 Å². The molecule has 0 aliphatic carbocycles. The van der Waals surface area contributed by atoms with Crippen LogP contribution in [0.15, 0.2) is 36.4 Å². The number of hydrogen-bond donors (Lipinski definition) is 3. The number of ether oxygens (including phenoxy) is 1. The number of carbonyl (C=O) groups is 3. The zero-order valence-corrected chi connectivity index (χ0v) is 17.4. The first-order valence-electron chi connectivity index (χ1n) is 8.63. The first-order chi connectivity index (χ1) is 14.2. The van der Waals surface area contributed by atoms with E-state index in [0.29, 0.717) is 27.2 Å². The molecule has 0 aliphatic heterocycles. The second kappa shape index (κ2) is 8.61. The summed E-state index contributed by atoms with van der Waals surface area (Å²) >= 11 is 12.4. The lowest BCUT2D eigenvalue weighted by Gasteiger charge is -2.07. The van der Waals surface area contributed by atoms with Gasteiger partial charge in [-0.25, -0.2) is 9.59 Å². The van der Waals surface area contributed by atoms with Crippen molar-refractivity contribution in [1.82, 2.24) is 4.98 Å². The van der Waals surface area contributed by atoms with Crippen LogP contribution in [0.25, 0.3) is 22.6 Å². The molecule has 1 aromatic heterocycles. The molecule has 0 saturated heterocycles. The summed E-state index contributed by atoms with van der Waals surface area (Å²) in [7, 11) is 1.22. The number of hydrogen-bond acceptors (Lipinski definition) is 4.